The number of para-hydroxylation sites is 1. The van der Waals surface area contributed by atoms with Crippen LogP contribution in [0.5, 0.6) is 11.5 Å². The lowest BCUT2D eigenvalue weighted by Crippen LogP contribution is -2.55. The van der Waals surface area contributed by atoms with Gasteiger partial charge in [-0.2, -0.15) is 0 Å². The number of ether oxygens (including phenoxy) is 2. The monoisotopic (exact) mass is 478 g/mol. The zero-order chi connectivity index (χ0) is 25.1. The van der Waals surface area contributed by atoms with Crippen LogP contribution in [0.25, 0.3) is 10.9 Å². The molecule has 186 valence electrons. The third-order valence-corrected chi connectivity index (χ3v) is 6.89. The fourth-order valence-electron chi connectivity index (χ4n) is 5.05. The molecule has 8 heteroatoms. The highest BCUT2D eigenvalue weighted by Gasteiger charge is 2.34. The summed E-state index contributed by atoms with van der Waals surface area (Å²) < 4.78 is 12.5. The average molecular weight is 479 g/mol. The molecule has 0 saturated carbocycles. The largest absolute Gasteiger partial charge is 0.497 e. The standard InChI is InChI=1S/C27H34N4O4/c1-6-23(25-28-22-11-9-8-10-20(22)26(32)30(25)7-2)29-14-15-31(18(3)17-29)27(33)21-13-12-19(34-4)16-24(21)35-5/h8-13,16,18,23H,6-7,14-15,17H2,1-5H3. The van der Waals surface area contributed by atoms with E-state index in [0.29, 0.717) is 48.6 Å². The van der Waals surface area contributed by atoms with Crippen molar-refractivity contribution in [2.24, 2.45) is 0 Å². The highest BCUT2D eigenvalue weighted by Crippen LogP contribution is 2.30. The summed E-state index contributed by atoms with van der Waals surface area (Å²) >= 11 is 0. The second-order valence-corrected chi connectivity index (χ2v) is 8.87. The van der Waals surface area contributed by atoms with Gasteiger partial charge in [0.15, 0.2) is 0 Å². The summed E-state index contributed by atoms with van der Waals surface area (Å²) in [7, 11) is 3.15. The molecule has 0 spiro atoms. The highest BCUT2D eigenvalue weighted by molar-refractivity contribution is 5.97. The summed E-state index contributed by atoms with van der Waals surface area (Å²) in [5, 5.41) is 0.644. The average Bonchev–Trinajstić information content (AvgIpc) is 2.88. The first-order chi connectivity index (χ1) is 16.9. The first-order valence-electron chi connectivity index (χ1n) is 12.2. The van der Waals surface area contributed by atoms with Crippen LogP contribution in [0, 0.1) is 0 Å². The predicted octanol–water partition coefficient (Wildman–Crippen LogP) is 3.73. The maximum atomic E-state index is 13.4. The van der Waals surface area contributed by atoms with Gasteiger partial charge in [0, 0.05) is 38.3 Å². The minimum Gasteiger partial charge on any atom is -0.497 e. The van der Waals surface area contributed by atoms with E-state index in [-0.39, 0.29) is 23.6 Å². The van der Waals surface area contributed by atoms with Crippen LogP contribution in [0.15, 0.2) is 47.3 Å². The van der Waals surface area contributed by atoms with Crippen molar-refractivity contribution < 1.29 is 14.3 Å². The predicted molar refractivity (Wildman–Crippen MR) is 136 cm³/mol. The van der Waals surface area contributed by atoms with E-state index < -0.39 is 0 Å². The molecule has 1 aromatic heterocycles. The Bertz CT molecular complexity index is 1270. The smallest absolute Gasteiger partial charge is 0.261 e. The van der Waals surface area contributed by atoms with Crippen molar-refractivity contribution in [2.75, 3.05) is 33.9 Å². The first-order valence-corrected chi connectivity index (χ1v) is 12.2. The molecule has 1 aliphatic rings. The van der Waals surface area contributed by atoms with E-state index in [1.165, 1.54) is 0 Å². The summed E-state index contributed by atoms with van der Waals surface area (Å²) in [6, 6.07) is 12.8. The molecule has 0 radical (unpaired) electrons. The van der Waals surface area contributed by atoms with Gasteiger partial charge in [-0.25, -0.2) is 4.98 Å². The fraction of sp³-hybridized carbons (Fsp3) is 0.444. The number of carbonyl (C=O) groups excluding carboxylic acids is 1. The summed E-state index contributed by atoms with van der Waals surface area (Å²) in [5.74, 6) is 1.89. The third-order valence-electron chi connectivity index (χ3n) is 6.89. The van der Waals surface area contributed by atoms with E-state index in [0.717, 1.165) is 17.8 Å². The van der Waals surface area contributed by atoms with Crippen LogP contribution in [-0.4, -0.2) is 65.2 Å². The Kier molecular flexibility index (Phi) is 7.40. The normalized spacial score (nSPS) is 17.4. The molecule has 1 amide bonds. The molecule has 35 heavy (non-hydrogen) atoms. The molecule has 3 aromatic rings. The van der Waals surface area contributed by atoms with Crippen LogP contribution in [-0.2, 0) is 6.54 Å². The van der Waals surface area contributed by atoms with Crippen molar-refractivity contribution in [1.82, 2.24) is 19.4 Å². The summed E-state index contributed by atoms with van der Waals surface area (Å²) in [5.41, 5.74) is 1.25. The van der Waals surface area contributed by atoms with Crippen LogP contribution in [0.3, 0.4) is 0 Å². The molecular weight excluding hydrogens is 444 g/mol. The zero-order valence-electron chi connectivity index (χ0n) is 21.2. The van der Waals surface area contributed by atoms with E-state index in [2.05, 4.69) is 18.7 Å². The molecule has 4 rings (SSSR count). The van der Waals surface area contributed by atoms with E-state index in [9.17, 15) is 9.59 Å². The topological polar surface area (TPSA) is 76.9 Å². The number of hydrogen-bond acceptors (Lipinski definition) is 6. The van der Waals surface area contributed by atoms with Crippen molar-refractivity contribution in [3.05, 3.63) is 64.2 Å². The van der Waals surface area contributed by atoms with Crippen LogP contribution in [0.1, 0.15) is 49.4 Å². The van der Waals surface area contributed by atoms with Gasteiger partial charge < -0.3 is 14.4 Å². The number of amides is 1. The first kappa shape index (κ1) is 24.7. The molecule has 2 unspecified atom stereocenters. The van der Waals surface area contributed by atoms with Gasteiger partial charge >= 0.3 is 0 Å². The Hall–Kier alpha value is -3.39. The zero-order valence-corrected chi connectivity index (χ0v) is 21.2. The van der Waals surface area contributed by atoms with E-state index in [1.807, 2.05) is 36.1 Å². The number of piperazine rings is 1. The van der Waals surface area contributed by atoms with Crippen molar-refractivity contribution >= 4 is 16.8 Å². The number of methoxy groups -OCH3 is 2. The quantitative estimate of drug-likeness (QED) is 0.515. The molecule has 1 aliphatic heterocycles. The minimum absolute atomic E-state index is 0.0000120. The molecule has 2 aromatic carbocycles. The number of hydrogen-bond donors (Lipinski definition) is 0. The van der Waals surface area contributed by atoms with Crippen molar-refractivity contribution in [1.29, 1.82) is 0 Å². The van der Waals surface area contributed by atoms with Gasteiger partial charge in [-0.15, -0.1) is 0 Å². The Balaban J connectivity index is 1.59. The molecule has 2 atom stereocenters. The van der Waals surface area contributed by atoms with Gasteiger partial charge in [0.05, 0.1) is 36.7 Å². The van der Waals surface area contributed by atoms with Gasteiger partial charge in [0.1, 0.15) is 17.3 Å². The van der Waals surface area contributed by atoms with Crippen molar-refractivity contribution in [3.8, 4) is 11.5 Å². The third kappa shape index (κ3) is 4.62. The molecular formula is C27H34N4O4. The maximum absolute atomic E-state index is 13.4. The fourth-order valence-corrected chi connectivity index (χ4v) is 5.05. The minimum atomic E-state index is -0.0565. The number of aromatic nitrogens is 2. The van der Waals surface area contributed by atoms with Gasteiger partial charge in [0.25, 0.3) is 11.5 Å². The molecule has 8 nitrogen and oxygen atoms in total. The number of carbonyl (C=O) groups is 1. The Morgan fingerprint density at radius 2 is 1.89 bits per heavy atom. The maximum Gasteiger partial charge on any atom is 0.261 e. The van der Waals surface area contributed by atoms with Gasteiger partial charge in [0.2, 0.25) is 0 Å². The van der Waals surface area contributed by atoms with Crippen LogP contribution in [0.4, 0.5) is 0 Å². The lowest BCUT2D eigenvalue weighted by molar-refractivity contribution is 0.0359. The van der Waals surface area contributed by atoms with E-state index in [1.54, 1.807) is 37.0 Å². The Morgan fingerprint density at radius 3 is 2.54 bits per heavy atom. The van der Waals surface area contributed by atoms with Crippen LogP contribution in [0.2, 0.25) is 0 Å². The summed E-state index contributed by atoms with van der Waals surface area (Å²) in [6.07, 6.45) is 0.817. The molecule has 0 N–H and O–H groups in total. The highest BCUT2D eigenvalue weighted by atomic mass is 16.5. The Morgan fingerprint density at radius 1 is 1.11 bits per heavy atom. The lowest BCUT2D eigenvalue weighted by Gasteiger charge is -2.43. The number of fused-ring (bicyclic) bond motifs is 1. The SMILES string of the molecule is CCC(c1nc2ccccc2c(=O)n1CC)N1CCN(C(=O)c2ccc(OC)cc2OC)C(C)C1. The molecule has 2 heterocycles. The second kappa shape index (κ2) is 10.5. The van der Waals surface area contributed by atoms with Crippen LogP contribution >= 0.6 is 0 Å². The van der Waals surface area contributed by atoms with Gasteiger partial charge in [-0.3, -0.25) is 19.1 Å². The summed E-state index contributed by atoms with van der Waals surface area (Å²) in [4.78, 5) is 35.8. The molecule has 1 fully saturated rings. The molecule has 0 aliphatic carbocycles. The van der Waals surface area contributed by atoms with E-state index in [4.69, 9.17) is 14.5 Å². The molecule has 1 saturated heterocycles. The molecule has 0 bridgehead atoms. The number of benzene rings is 2. The van der Waals surface area contributed by atoms with Gasteiger partial charge in [-0.1, -0.05) is 19.1 Å². The van der Waals surface area contributed by atoms with Crippen LogP contribution < -0.4 is 15.0 Å². The van der Waals surface area contributed by atoms with Crippen molar-refractivity contribution in [3.63, 3.8) is 0 Å². The van der Waals surface area contributed by atoms with E-state index >= 15 is 0 Å². The number of nitrogens with zero attached hydrogens (tertiary/aromatic N) is 4. The Labute approximate surface area is 206 Å². The number of rotatable bonds is 7. The second-order valence-electron chi connectivity index (χ2n) is 8.87. The summed E-state index contributed by atoms with van der Waals surface area (Å²) in [6.45, 7) is 8.69. The van der Waals surface area contributed by atoms with Crippen molar-refractivity contribution in [2.45, 2.75) is 45.8 Å². The lowest BCUT2D eigenvalue weighted by atomic mass is 10.1. The van der Waals surface area contributed by atoms with Gasteiger partial charge in [-0.05, 0) is 44.5 Å².